The SMILES string of the molecule is Cl.Cl.Fc1ccc([C@@H](CC(F)(F)F)N2CCNCC2)cc1C(F)(F)F. The number of nitrogens with zero attached hydrogens (tertiary/aromatic N) is 1. The minimum Gasteiger partial charge on any atom is -0.314 e. The maximum Gasteiger partial charge on any atom is 0.419 e. The van der Waals surface area contributed by atoms with Crippen molar-refractivity contribution in [3.05, 3.63) is 35.1 Å². The largest absolute Gasteiger partial charge is 0.419 e. The van der Waals surface area contributed by atoms with E-state index in [0.717, 1.165) is 6.07 Å². The Kier molecular flexibility index (Phi) is 8.96. The quantitative estimate of drug-likeness (QED) is 0.725. The van der Waals surface area contributed by atoms with Crippen LogP contribution < -0.4 is 5.32 Å². The Hall–Kier alpha value is -0.770. The van der Waals surface area contributed by atoms with E-state index in [1.54, 1.807) is 0 Å². The molecule has 11 heteroatoms. The summed E-state index contributed by atoms with van der Waals surface area (Å²) < 4.78 is 90.2. The van der Waals surface area contributed by atoms with Gasteiger partial charge >= 0.3 is 12.4 Å². The number of rotatable bonds is 3. The van der Waals surface area contributed by atoms with Gasteiger partial charge in [0.1, 0.15) is 5.82 Å². The molecule has 0 unspecified atom stereocenters. The third-order valence-electron chi connectivity index (χ3n) is 3.70. The Morgan fingerprint density at radius 2 is 1.56 bits per heavy atom. The van der Waals surface area contributed by atoms with Gasteiger partial charge in [0.05, 0.1) is 12.0 Å². The molecule has 0 saturated carbocycles. The summed E-state index contributed by atoms with van der Waals surface area (Å²) in [4.78, 5) is 1.47. The number of hydrogen-bond acceptors (Lipinski definition) is 2. The molecule has 1 saturated heterocycles. The average Bonchev–Trinajstić information content (AvgIpc) is 2.44. The number of benzene rings is 1. The maximum atomic E-state index is 13.3. The molecule has 0 aliphatic carbocycles. The fraction of sp³-hybridized carbons (Fsp3) is 0.571. The Bertz CT molecular complexity index is 543. The monoisotopic (exact) mass is 416 g/mol. The predicted octanol–water partition coefficient (Wildman–Crippen LogP) is 4.59. The van der Waals surface area contributed by atoms with Crippen molar-refractivity contribution in [3.63, 3.8) is 0 Å². The molecule has 1 aliphatic rings. The first kappa shape index (κ1) is 24.2. The number of hydrogen-bond donors (Lipinski definition) is 1. The van der Waals surface area contributed by atoms with Crippen molar-refractivity contribution in [2.75, 3.05) is 26.2 Å². The minimum absolute atomic E-state index is 0. The Balaban J connectivity index is 0.00000288. The van der Waals surface area contributed by atoms with Crippen molar-refractivity contribution >= 4 is 24.8 Å². The van der Waals surface area contributed by atoms with Gasteiger partial charge < -0.3 is 5.32 Å². The molecular weight excluding hydrogens is 400 g/mol. The predicted molar refractivity (Wildman–Crippen MR) is 83.8 cm³/mol. The van der Waals surface area contributed by atoms with Crippen molar-refractivity contribution < 1.29 is 30.7 Å². The number of piperazine rings is 1. The molecule has 146 valence electrons. The molecule has 0 radical (unpaired) electrons. The van der Waals surface area contributed by atoms with Gasteiger partial charge in [-0.15, -0.1) is 24.8 Å². The van der Waals surface area contributed by atoms with Gasteiger partial charge in [0.2, 0.25) is 0 Å². The van der Waals surface area contributed by atoms with E-state index in [2.05, 4.69) is 5.32 Å². The second-order valence-electron chi connectivity index (χ2n) is 5.36. The van der Waals surface area contributed by atoms with E-state index in [1.807, 2.05) is 0 Å². The summed E-state index contributed by atoms with van der Waals surface area (Å²) in [5.74, 6) is -1.49. The van der Waals surface area contributed by atoms with Gasteiger partial charge in [0.15, 0.2) is 0 Å². The first-order chi connectivity index (χ1) is 10.6. The lowest BCUT2D eigenvalue weighted by atomic mass is 9.98. The molecule has 1 aromatic rings. The third kappa shape index (κ3) is 6.80. The Morgan fingerprint density at radius 1 is 1.00 bits per heavy atom. The van der Waals surface area contributed by atoms with Crippen LogP contribution in [0.25, 0.3) is 0 Å². The van der Waals surface area contributed by atoms with E-state index in [9.17, 15) is 30.7 Å². The molecule has 0 spiro atoms. The molecule has 0 aromatic heterocycles. The van der Waals surface area contributed by atoms with Gasteiger partial charge in [-0.1, -0.05) is 6.07 Å². The zero-order chi connectivity index (χ0) is 17.3. The summed E-state index contributed by atoms with van der Waals surface area (Å²) >= 11 is 0. The second kappa shape index (κ2) is 9.25. The van der Waals surface area contributed by atoms with Gasteiger partial charge in [-0.05, 0) is 17.7 Å². The molecule has 1 aliphatic heterocycles. The van der Waals surface area contributed by atoms with E-state index in [1.165, 1.54) is 4.90 Å². The molecular formula is C14H17Cl2F7N2. The van der Waals surface area contributed by atoms with Crippen molar-refractivity contribution in [3.8, 4) is 0 Å². The zero-order valence-corrected chi connectivity index (χ0v) is 14.4. The third-order valence-corrected chi connectivity index (χ3v) is 3.70. The molecule has 1 N–H and O–H groups in total. The molecule has 0 bridgehead atoms. The molecule has 1 heterocycles. The smallest absolute Gasteiger partial charge is 0.314 e. The topological polar surface area (TPSA) is 15.3 Å². The Morgan fingerprint density at radius 3 is 2.04 bits per heavy atom. The van der Waals surface area contributed by atoms with Crippen LogP contribution in [-0.2, 0) is 6.18 Å². The van der Waals surface area contributed by atoms with Gasteiger partial charge in [-0.3, -0.25) is 4.90 Å². The normalized spacial score (nSPS) is 17.4. The highest BCUT2D eigenvalue weighted by Gasteiger charge is 2.38. The molecule has 1 fully saturated rings. The van der Waals surface area contributed by atoms with E-state index < -0.39 is 36.2 Å². The van der Waals surface area contributed by atoms with Crippen LogP contribution in [0, 0.1) is 5.82 Å². The van der Waals surface area contributed by atoms with Gasteiger partial charge in [0.25, 0.3) is 0 Å². The lowest BCUT2D eigenvalue weighted by Crippen LogP contribution is -2.46. The van der Waals surface area contributed by atoms with E-state index in [0.29, 0.717) is 25.2 Å². The van der Waals surface area contributed by atoms with Crippen molar-refractivity contribution in [1.29, 1.82) is 0 Å². The molecule has 1 atom stereocenters. The molecule has 2 rings (SSSR count). The fourth-order valence-corrected chi connectivity index (χ4v) is 2.64. The van der Waals surface area contributed by atoms with Crippen LogP contribution in [0.1, 0.15) is 23.6 Å². The molecule has 0 amide bonds. The summed E-state index contributed by atoms with van der Waals surface area (Å²) in [6, 6.07) is 0.777. The first-order valence-corrected chi connectivity index (χ1v) is 6.96. The Labute approximate surface area is 152 Å². The summed E-state index contributed by atoms with van der Waals surface area (Å²) in [7, 11) is 0. The second-order valence-corrected chi connectivity index (χ2v) is 5.36. The van der Waals surface area contributed by atoms with Gasteiger partial charge in [-0.25, -0.2) is 4.39 Å². The molecule has 2 nitrogen and oxygen atoms in total. The molecule has 1 aromatic carbocycles. The van der Waals surface area contributed by atoms with Crippen LogP contribution in [0.2, 0.25) is 0 Å². The lowest BCUT2D eigenvalue weighted by molar-refractivity contribution is -0.148. The number of alkyl halides is 6. The maximum absolute atomic E-state index is 13.3. The highest BCUT2D eigenvalue weighted by Crippen LogP contribution is 2.38. The van der Waals surface area contributed by atoms with E-state index in [-0.39, 0.29) is 43.5 Å². The summed E-state index contributed by atoms with van der Waals surface area (Å²) in [6.07, 6.45) is -10.8. The highest BCUT2D eigenvalue weighted by molar-refractivity contribution is 5.85. The van der Waals surface area contributed by atoms with E-state index in [4.69, 9.17) is 0 Å². The van der Waals surface area contributed by atoms with Crippen LogP contribution in [0.5, 0.6) is 0 Å². The van der Waals surface area contributed by atoms with Crippen LogP contribution in [0.3, 0.4) is 0 Å². The van der Waals surface area contributed by atoms with Crippen molar-refractivity contribution in [2.24, 2.45) is 0 Å². The van der Waals surface area contributed by atoms with Gasteiger partial charge in [0, 0.05) is 32.2 Å². The highest BCUT2D eigenvalue weighted by atomic mass is 35.5. The first-order valence-electron chi connectivity index (χ1n) is 6.96. The lowest BCUT2D eigenvalue weighted by Gasteiger charge is -2.36. The number of halogens is 9. The average molecular weight is 417 g/mol. The van der Waals surface area contributed by atoms with Crippen molar-refractivity contribution in [1.82, 2.24) is 10.2 Å². The summed E-state index contributed by atoms with van der Waals surface area (Å²) in [6.45, 7) is 1.45. The number of nitrogens with one attached hydrogen (secondary N) is 1. The van der Waals surface area contributed by atoms with Crippen LogP contribution in [0.4, 0.5) is 30.7 Å². The standard InChI is InChI=1S/C14H15F7N2.2ClH/c15-11-2-1-9(7-10(11)14(19,20)21)12(8-13(16,17)18)23-5-3-22-4-6-23;;/h1-2,7,12,22H,3-6,8H2;2*1H/t12-;;/m1../s1. The van der Waals surface area contributed by atoms with Gasteiger partial charge in [-0.2, -0.15) is 26.3 Å². The fourth-order valence-electron chi connectivity index (χ4n) is 2.64. The van der Waals surface area contributed by atoms with Crippen LogP contribution in [0.15, 0.2) is 18.2 Å². The van der Waals surface area contributed by atoms with Crippen molar-refractivity contribution in [2.45, 2.75) is 24.8 Å². The zero-order valence-electron chi connectivity index (χ0n) is 12.8. The summed E-state index contributed by atoms with van der Waals surface area (Å²) in [5, 5.41) is 2.97. The van der Waals surface area contributed by atoms with Crippen LogP contribution in [-0.4, -0.2) is 37.3 Å². The summed E-state index contributed by atoms with van der Waals surface area (Å²) in [5.41, 5.74) is -1.73. The minimum atomic E-state index is -4.95. The van der Waals surface area contributed by atoms with E-state index >= 15 is 0 Å². The molecule has 25 heavy (non-hydrogen) atoms. The van der Waals surface area contributed by atoms with Crippen LogP contribution >= 0.6 is 24.8 Å².